The number of halogens is 1. The van der Waals surface area contributed by atoms with Crippen molar-refractivity contribution < 1.29 is 8.42 Å². The van der Waals surface area contributed by atoms with Gasteiger partial charge in [-0.2, -0.15) is 0 Å². The van der Waals surface area contributed by atoms with Crippen LogP contribution in [0.15, 0.2) is 40.6 Å². The molecule has 1 fully saturated rings. The molecule has 130 valence electrons. The molecule has 1 N–H and O–H groups in total. The van der Waals surface area contributed by atoms with Crippen LogP contribution >= 0.6 is 22.9 Å². The summed E-state index contributed by atoms with van der Waals surface area (Å²) in [7, 11) is -3.76. The highest BCUT2D eigenvalue weighted by molar-refractivity contribution is 7.94. The van der Waals surface area contributed by atoms with Gasteiger partial charge in [-0.1, -0.05) is 23.7 Å². The maximum absolute atomic E-state index is 12.7. The van der Waals surface area contributed by atoms with E-state index in [1.54, 1.807) is 6.07 Å². The molecule has 9 heteroatoms. The number of hydrogen-bond donors (Lipinski definition) is 1. The van der Waals surface area contributed by atoms with Gasteiger partial charge in [0.05, 0.1) is 15.4 Å². The predicted molar refractivity (Wildman–Crippen MR) is 101 cm³/mol. The van der Waals surface area contributed by atoms with E-state index in [2.05, 4.69) is 19.6 Å². The van der Waals surface area contributed by atoms with E-state index in [4.69, 9.17) is 11.6 Å². The van der Waals surface area contributed by atoms with Gasteiger partial charge in [0.25, 0.3) is 10.0 Å². The second kappa shape index (κ2) is 6.44. The minimum atomic E-state index is -3.76. The molecule has 3 aromatic rings. The predicted octanol–water partition coefficient (Wildman–Crippen LogP) is 3.75. The number of anilines is 2. The number of hydrogen-bond acceptors (Lipinski definition) is 6. The lowest BCUT2D eigenvalue weighted by atomic mass is 10.3. The lowest BCUT2D eigenvalue weighted by Gasteiger charge is -2.20. The molecule has 3 heterocycles. The quantitative estimate of drug-likeness (QED) is 0.729. The van der Waals surface area contributed by atoms with E-state index in [-0.39, 0.29) is 10.0 Å². The van der Waals surface area contributed by atoms with Crippen LogP contribution in [0.1, 0.15) is 12.8 Å². The molecule has 0 atom stereocenters. The van der Waals surface area contributed by atoms with Gasteiger partial charge >= 0.3 is 0 Å². The van der Waals surface area contributed by atoms with Crippen LogP contribution < -0.4 is 9.62 Å². The van der Waals surface area contributed by atoms with Gasteiger partial charge in [0.1, 0.15) is 4.21 Å². The minimum Gasteiger partial charge on any atom is -0.354 e. The molecule has 1 aromatic carbocycles. The van der Waals surface area contributed by atoms with Crippen LogP contribution in [0.25, 0.3) is 11.0 Å². The third-order valence-electron chi connectivity index (χ3n) is 4.00. The van der Waals surface area contributed by atoms with Crippen LogP contribution in [0.3, 0.4) is 0 Å². The molecular weight excluding hydrogens is 380 g/mol. The second-order valence-electron chi connectivity index (χ2n) is 5.74. The molecule has 1 saturated heterocycles. The van der Waals surface area contributed by atoms with Crippen LogP contribution in [0.4, 0.5) is 11.6 Å². The molecule has 0 aliphatic carbocycles. The van der Waals surface area contributed by atoms with Crippen molar-refractivity contribution in [1.82, 2.24) is 9.97 Å². The number of fused-ring (bicyclic) bond motifs is 1. The number of thiophene rings is 1. The van der Waals surface area contributed by atoms with Gasteiger partial charge < -0.3 is 4.90 Å². The summed E-state index contributed by atoms with van der Waals surface area (Å²) in [6.45, 7) is 1.68. The molecule has 1 aliphatic rings. The Morgan fingerprint density at radius 3 is 2.36 bits per heavy atom. The largest absolute Gasteiger partial charge is 0.354 e. The van der Waals surface area contributed by atoms with Gasteiger partial charge in [-0.15, -0.1) is 11.3 Å². The van der Waals surface area contributed by atoms with Crippen molar-refractivity contribution >= 4 is 55.6 Å². The van der Waals surface area contributed by atoms with E-state index in [0.717, 1.165) is 42.8 Å². The first kappa shape index (κ1) is 16.6. The van der Waals surface area contributed by atoms with E-state index in [1.165, 1.54) is 6.07 Å². The highest BCUT2D eigenvalue weighted by atomic mass is 35.5. The van der Waals surface area contributed by atoms with E-state index in [0.29, 0.717) is 15.7 Å². The van der Waals surface area contributed by atoms with Gasteiger partial charge in [0.2, 0.25) is 0 Å². The molecule has 0 saturated carbocycles. The normalized spacial score (nSPS) is 15.0. The van der Waals surface area contributed by atoms with Crippen molar-refractivity contribution in [2.45, 2.75) is 17.1 Å². The van der Waals surface area contributed by atoms with Gasteiger partial charge in [0, 0.05) is 13.1 Å². The Morgan fingerprint density at radius 2 is 1.72 bits per heavy atom. The summed E-state index contributed by atoms with van der Waals surface area (Å²) in [6.07, 6.45) is 2.11. The van der Waals surface area contributed by atoms with Crippen molar-refractivity contribution in [2.24, 2.45) is 0 Å². The van der Waals surface area contributed by atoms with Crippen LogP contribution in [-0.4, -0.2) is 31.5 Å². The molecule has 0 radical (unpaired) electrons. The fourth-order valence-corrected chi connectivity index (χ4v) is 5.31. The molecule has 2 aromatic heterocycles. The SMILES string of the molecule is O=S(=O)(Nc1nc2ccccc2nc1N1CCCC1)c1ccc(Cl)s1. The van der Waals surface area contributed by atoms with Gasteiger partial charge in [-0.3, -0.25) is 4.72 Å². The second-order valence-corrected chi connectivity index (χ2v) is 9.37. The molecule has 4 rings (SSSR count). The van der Waals surface area contributed by atoms with Crippen LogP contribution in [0.2, 0.25) is 4.34 Å². The molecule has 0 amide bonds. The van der Waals surface area contributed by atoms with Crippen molar-refractivity contribution in [1.29, 1.82) is 0 Å². The number of nitrogens with one attached hydrogen (secondary N) is 1. The maximum Gasteiger partial charge on any atom is 0.272 e. The summed E-state index contributed by atoms with van der Waals surface area (Å²) in [6, 6.07) is 10.5. The van der Waals surface area contributed by atoms with Gasteiger partial charge in [-0.25, -0.2) is 18.4 Å². The number of aromatic nitrogens is 2. The number of benzene rings is 1. The monoisotopic (exact) mass is 394 g/mol. The fraction of sp³-hybridized carbons (Fsp3) is 0.250. The Kier molecular flexibility index (Phi) is 4.26. The minimum absolute atomic E-state index is 0.153. The fourth-order valence-electron chi connectivity index (χ4n) is 2.83. The number of para-hydroxylation sites is 2. The Hall–Kier alpha value is -1.90. The third-order valence-corrected chi connectivity index (χ3v) is 7.06. The molecule has 0 spiro atoms. The van der Waals surface area contributed by atoms with E-state index in [1.807, 2.05) is 24.3 Å². The molecule has 6 nitrogen and oxygen atoms in total. The van der Waals surface area contributed by atoms with Gasteiger partial charge in [0.15, 0.2) is 11.6 Å². The third kappa shape index (κ3) is 3.29. The number of nitrogens with zero attached hydrogens (tertiary/aromatic N) is 3. The summed E-state index contributed by atoms with van der Waals surface area (Å²) < 4.78 is 28.5. The summed E-state index contributed by atoms with van der Waals surface area (Å²) >= 11 is 6.88. The Morgan fingerprint density at radius 1 is 1.04 bits per heavy atom. The molecule has 0 unspecified atom stereocenters. The smallest absolute Gasteiger partial charge is 0.272 e. The summed E-state index contributed by atoms with van der Waals surface area (Å²) in [5.74, 6) is 0.826. The first-order valence-corrected chi connectivity index (χ1v) is 10.5. The zero-order chi connectivity index (χ0) is 17.4. The average Bonchev–Trinajstić information content (AvgIpc) is 3.25. The highest BCUT2D eigenvalue weighted by Crippen LogP contribution is 2.31. The van der Waals surface area contributed by atoms with Crippen molar-refractivity contribution in [3.8, 4) is 0 Å². The summed E-state index contributed by atoms with van der Waals surface area (Å²) in [4.78, 5) is 11.2. The molecule has 25 heavy (non-hydrogen) atoms. The Balaban J connectivity index is 1.80. The zero-order valence-corrected chi connectivity index (χ0v) is 15.5. The van der Waals surface area contributed by atoms with E-state index >= 15 is 0 Å². The first-order valence-electron chi connectivity index (χ1n) is 7.83. The summed E-state index contributed by atoms with van der Waals surface area (Å²) in [5.41, 5.74) is 1.39. The summed E-state index contributed by atoms with van der Waals surface area (Å²) in [5, 5.41) is 0. The lowest BCUT2D eigenvalue weighted by molar-refractivity contribution is 0.603. The Bertz CT molecular complexity index is 1030. The highest BCUT2D eigenvalue weighted by Gasteiger charge is 2.24. The van der Waals surface area contributed by atoms with Crippen LogP contribution in [-0.2, 0) is 10.0 Å². The topological polar surface area (TPSA) is 75.2 Å². The van der Waals surface area contributed by atoms with Crippen molar-refractivity contribution in [3.63, 3.8) is 0 Å². The lowest BCUT2D eigenvalue weighted by Crippen LogP contribution is -2.23. The number of sulfonamides is 1. The molecule has 0 bridgehead atoms. The van der Waals surface area contributed by atoms with Gasteiger partial charge in [-0.05, 0) is 37.1 Å². The average molecular weight is 395 g/mol. The molecule has 1 aliphatic heterocycles. The standard InChI is InChI=1S/C16H15ClN4O2S2/c17-13-7-8-14(24-13)25(22,23)20-15-16(21-9-3-4-10-21)19-12-6-2-1-5-11(12)18-15/h1-2,5-8H,3-4,9-10H2,(H,18,20). The molecular formula is C16H15ClN4O2S2. The van der Waals surface area contributed by atoms with E-state index < -0.39 is 10.0 Å². The number of rotatable bonds is 4. The zero-order valence-electron chi connectivity index (χ0n) is 13.1. The van der Waals surface area contributed by atoms with E-state index in [9.17, 15) is 8.42 Å². The van der Waals surface area contributed by atoms with Crippen molar-refractivity contribution in [2.75, 3.05) is 22.7 Å². The first-order chi connectivity index (χ1) is 12.0. The van der Waals surface area contributed by atoms with Crippen LogP contribution in [0.5, 0.6) is 0 Å². The maximum atomic E-state index is 12.7. The van der Waals surface area contributed by atoms with Crippen LogP contribution in [0, 0.1) is 0 Å². The Labute approximate surface area is 154 Å². The van der Waals surface area contributed by atoms with Crippen molar-refractivity contribution in [3.05, 3.63) is 40.7 Å².